The van der Waals surface area contributed by atoms with Crippen molar-refractivity contribution in [2.75, 3.05) is 0 Å². The molecule has 0 fully saturated rings. The lowest BCUT2D eigenvalue weighted by molar-refractivity contribution is 0.202. The average Bonchev–Trinajstić information content (AvgIpc) is 2.19. The third kappa shape index (κ3) is 2.65. The number of para-hydroxylation sites is 1. The molecule has 7 heteroatoms. The second-order valence-corrected chi connectivity index (χ2v) is 3.92. The van der Waals surface area contributed by atoms with Crippen molar-refractivity contribution < 1.29 is 23.6 Å². The van der Waals surface area contributed by atoms with Gasteiger partial charge in [-0.25, -0.2) is 19.9 Å². The summed E-state index contributed by atoms with van der Waals surface area (Å²) in [5.74, 6) is 4.59. The lowest BCUT2D eigenvalue weighted by atomic mass is 10.3. The number of ether oxygens (including phenoxy) is 1. The second-order valence-electron chi connectivity index (χ2n) is 2.31. The normalized spacial score (nSPS) is 14.4. The number of carbonyl (C=O) groups is 1. The third-order valence-corrected chi connectivity index (χ3v) is 2.16. The van der Waals surface area contributed by atoms with Gasteiger partial charge in [0.15, 0.2) is 0 Å². The number of benzene rings is 1. The predicted octanol–water partition coefficient (Wildman–Crippen LogP) is 1.26. The Hall–Kier alpha value is -1.20. The highest BCUT2D eigenvalue weighted by molar-refractivity contribution is 7.70. The van der Waals surface area contributed by atoms with E-state index in [1.165, 1.54) is 12.1 Å². The van der Waals surface area contributed by atoms with Gasteiger partial charge in [0.25, 0.3) is 0 Å². The molecule has 0 radical (unpaired) electrons. The molecule has 0 heterocycles. The summed E-state index contributed by atoms with van der Waals surface area (Å²) in [5, 5.41) is 0. The van der Waals surface area contributed by atoms with Crippen LogP contribution in [0.5, 0.6) is 5.75 Å². The molecule has 0 amide bonds. The summed E-state index contributed by atoms with van der Waals surface area (Å²) >= 11 is 0. The molecule has 14 heavy (non-hydrogen) atoms. The molecule has 1 unspecified atom stereocenters. The van der Waals surface area contributed by atoms with Crippen LogP contribution >= 0.6 is 7.60 Å². The maximum Gasteiger partial charge on any atom is 0.452 e. The van der Waals surface area contributed by atoms with Crippen molar-refractivity contribution >= 4 is 13.3 Å². The topological polar surface area (TPSA) is 98.9 Å². The van der Waals surface area contributed by atoms with E-state index in [1.807, 2.05) is 0 Å². The van der Waals surface area contributed by atoms with Crippen LogP contribution in [0.3, 0.4) is 0 Å². The number of rotatable bonds is 3. The first-order valence-corrected chi connectivity index (χ1v) is 5.13. The fourth-order valence-electron chi connectivity index (χ4n) is 0.690. The summed E-state index contributed by atoms with van der Waals surface area (Å²) in [5.41, 5.74) is -1.41. The van der Waals surface area contributed by atoms with E-state index in [-0.39, 0.29) is 5.75 Å². The van der Waals surface area contributed by atoms with Crippen LogP contribution in [0.4, 0.5) is 4.79 Å². The molecule has 0 bridgehead atoms. The predicted molar refractivity (Wildman–Crippen MR) is 47.6 cm³/mol. The zero-order chi connectivity index (χ0) is 10.6. The maximum atomic E-state index is 10.9. The van der Waals surface area contributed by atoms with E-state index in [9.17, 15) is 9.36 Å². The van der Waals surface area contributed by atoms with Crippen LogP contribution in [-0.4, -0.2) is 10.6 Å². The molecule has 1 rings (SSSR count). The zero-order valence-electron chi connectivity index (χ0n) is 6.99. The van der Waals surface area contributed by atoms with Gasteiger partial charge in [0.05, 0.1) is 0 Å². The summed E-state index contributed by atoms with van der Waals surface area (Å²) in [6.45, 7) is 0. The highest BCUT2D eigenvalue weighted by atomic mass is 31.2. The Labute approximate surface area is 79.7 Å². The third-order valence-electron chi connectivity index (χ3n) is 1.32. The molecule has 1 atom stereocenters. The lowest BCUT2D eigenvalue weighted by Gasteiger charge is -2.06. The number of hydrogen-bond donors (Lipinski definition) is 2. The number of nitrogens with two attached hydrogens (primary N) is 1. The monoisotopic (exact) mass is 217 g/mol. The van der Waals surface area contributed by atoms with Gasteiger partial charge in [0, 0.05) is 0 Å². The Bertz CT molecular complexity index is 366. The van der Waals surface area contributed by atoms with Crippen molar-refractivity contribution in [2.24, 2.45) is 5.90 Å². The zero-order valence-corrected chi connectivity index (χ0v) is 7.89. The van der Waals surface area contributed by atoms with Gasteiger partial charge >= 0.3 is 13.3 Å². The van der Waals surface area contributed by atoms with Gasteiger partial charge in [-0.1, -0.05) is 18.2 Å². The quantitative estimate of drug-likeness (QED) is 0.584. The van der Waals surface area contributed by atoms with Crippen molar-refractivity contribution in [2.45, 2.75) is 0 Å². The van der Waals surface area contributed by atoms with Gasteiger partial charge in [-0.05, 0) is 12.1 Å². The van der Waals surface area contributed by atoms with Gasteiger partial charge in [-0.3, -0.25) is 0 Å². The Kier molecular flexibility index (Phi) is 3.38. The molecule has 0 saturated heterocycles. The van der Waals surface area contributed by atoms with Crippen LogP contribution in [0.2, 0.25) is 0 Å². The van der Waals surface area contributed by atoms with Crippen molar-refractivity contribution in [3.05, 3.63) is 30.3 Å². The standard InChI is InChI=1S/C7H8NO5P/c8-13-14(10,11)7(9)12-6-4-2-1-3-5-6/h1-5H,8H2,(H,10,11). The van der Waals surface area contributed by atoms with Gasteiger partial charge in [-0.2, -0.15) is 0 Å². The van der Waals surface area contributed by atoms with Gasteiger partial charge in [0.1, 0.15) is 5.75 Å². The number of hydrogen-bond acceptors (Lipinski definition) is 5. The molecule has 0 aromatic heterocycles. The Morgan fingerprint density at radius 1 is 1.36 bits per heavy atom. The van der Waals surface area contributed by atoms with E-state index in [2.05, 4.69) is 15.3 Å². The van der Waals surface area contributed by atoms with Crippen molar-refractivity contribution in [3.63, 3.8) is 0 Å². The summed E-state index contributed by atoms with van der Waals surface area (Å²) in [7, 11) is -4.51. The fraction of sp³-hybridized carbons (Fsp3) is 0. The molecular weight excluding hydrogens is 209 g/mol. The first-order chi connectivity index (χ1) is 6.56. The average molecular weight is 217 g/mol. The summed E-state index contributed by atoms with van der Waals surface area (Å²) in [6.07, 6.45) is 0. The van der Waals surface area contributed by atoms with Crippen molar-refractivity contribution in [1.29, 1.82) is 0 Å². The van der Waals surface area contributed by atoms with E-state index in [0.717, 1.165) is 0 Å². The van der Waals surface area contributed by atoms with Crippen LogP contribution in [0, 0.1) is 0 Å². The van der Waals surface area contributed by atoms with E-state index in [0.29, 0.717) is 0 Å². The molecule has 0 aliphatic heterocycles. The van der Waals surface area contributed by atoms with Crippen LogP contribution < -0.4 is 10.6 Å². The minimum atomic E-state index is -4.51. The largest absolute Gasteiger partial charge is 0.452 e. The maximum absolute atomic E-state index is 10.9. The Morgan fingerprint density at radius 3 is 2.43 bits per heavy atom. The fourth-order valence-corrected chi connectivity index (χ4v) is 0.997. The molecule has 1 aromatic rings. The summed E-state index contributed by atoms with van der Waals surface area (Å²) < 4.78 is 18.9. The van der Waals surface area contributed by atoms with Crippen molar-refractivity contribution in [1.82, 2.24) is 0 Å². The first-order valence-electron chi connectivity index (χ1n) is 3.55. The van der Waals surface area contributed by atoms with E-state index in [1.54, 1.807) is 18.2 Å². The Balaban J connectivity index is 2.72. The van der Waals surface area contributed by atoms with Crippen LogP contribution in [0.25, 0.3) is 0 Å². The molecule has 6 nitrogen and oxygen atoms in total. The van der Waals surface area contributed by atoms with Crippen LogP contribution in [0.1, 0.15) is 0 Å². The number of carbonyl (C=O) groups excluding carboxylic acids is 1. The smallest absolute Gasteiger partial charge is 0.417 e. The summed E-state index contributed by atoms with van der Waals surface area (Å²) in [4.78, 5) is 19.7. The van der Waals surface area contributed by atoms with E-state index in [4.69, 9.17) is 4.89 Å². The SMILES string of the molecule is NOP(=O)(O)C(=O)Oc1ccccc1. The summed E-state index contributed by atoms with van der Waals surface area (Å²) in [6, 6.07) is 7.82. The lowest BCUT2D eigenvalue weighted by Crippen LogP contribution is -2.11. The first kappa shape index (κ1) is 10.9. The van der Waals surface area contributed by atoms with Crippen LogP contribution in [0.15, 0.2) is 30.3 Å². The van der Waals surface area contributed by atoms with E-state index < -0.39 is 13.3 Å². The molecule has 0 spiro atoms. The van der Waals surface area contributed by atoms with Crippen LogP contribution in [-0.2, 0) is 9.19 Å². The molecule has 0 aliphatic carbocycles. The molecule has 76 valence electrons. The second kappa shape index (κ2) is 4.34. The molecular formula is C7H8NO5P. The molecule has 3 N–H and O–H groups in total. The Morgan fingerprint density at radius 2 is 1.93 bits per heavy atom. The van der Waals surface area contributed by atoms with Crippen molar-refractivity contribution in [3.8, 4) is 5.75 Å². The molecule has 0 aliphatic rings. The van der Waals surface area contributed by atoms with Gasteiger partial charge in [-0.15, -0.1) is 0 Å². The van der Waals surface area contributed by atoms with Gasteiger partial charge in [0.2, 0.25) is 0 Å². The molecule has 1 aromatic carbocycles. The van der Waals surface area contributed by atoms with Gasteiger partial charge < -0.3 is 9.63 Å². The minimum Gasteiger partial charge on any atom is -0.417 e. The highest BCUT2D eigenvalue weighted by Gasteiger charge is 2.32. The highest BCUT2D eigenvalue weighted by Crippen LogP contribution is 2.41. The minimum absolute atomic E-state index is 0.142. The molecule has 0 saturated carbocycles. The van der Waals surface area contributed by atoms with E-state index >= 15 is 0 Å².